The van der Waals surface area contributed by atoms with Crippen molar-refractivity contribution >= 4 is 5.91 Å². The van der Waals surface area contributed by atoms with Crippen molar-refractivity contribution in [3.63, 3.8) is 0 Å². The Morgan fingerprint density at radius 2 is 1.79 bits per heavy atom. The Balaban J connectivity index is 1.97. The second-order valence-corrected chi connectivity index (χ2v) is 5.71. The van der Waals surface area contributed by atoms with Crippen LogP contribution in [0.4, 0.5) is 0 Å². The average molecular weight is 317 g/mol. The van der Waals surface area contributed by atoms with Crippen molar-refractivity contribution < 1.29 is 4.79 Å². The number of carbonyl (C=O) groups is 1. The zero-order chi connectivity index (χ0) is 16.9. The molecule has 1 unspecified atom stereocenters. The van der Waals surface area contributed by atoms with E-state index in [1.54, 1.807) is 24.5 Å². The Bertz CT molecular complexity index is 846. The lowest BCUT2D eigenvalue weighted by molar-refractivity contribution is 0.0941. The van der Waals surface area contributed by atoms with E-state index < -0.39 is 0 Å². The van der Waals surface area contributed by atoms with Gasteiger partial charge in [-0.1, -0.05) is 35.9 Å². The molecule has 2 heterocycles. The molecule has 120 valence electrons. The van der Waals surface area contributed by atoms with E-state index in [4.69, 9.17) is 0 Å². The van der Waals surface area contributed by atoms with Crippen LogP contribution in [0.2, 0.25) is 0 Å². The third-order valence-electron chi connectivity index (χ3n) is 3.89. The summed E-state index contributed by atoms with van der Waals surface area (Å²) in [4.78, 5) is 21.3. The minimum atomic E-state index is -0.307. The first kappa shape index (κ1) is 15.9. The van der Waals surface area contributed by atoms with Gasteiger partial charge in [-0.2, -0.15) is 0 Å². The van der Waals surface area contributed by atoms with E-state index in [9.17, 15) is 4.79 Å². The van der Waals surface area contributed by atoms with Crippen molar-refractivity contribution in [2.24, 2.45) is 0 Å². The van der Waals surface area contributed by atoms with Crippen LogP contribution in [-0.4, -0.2) is 15.9 Å². The van der Waals surface area contributed by atoms with E-state index in [0.717, 1.165) is 16.8 Å². The van der Waals surface area contributed by atoms with Gasteiger partial charge < -0.3 is 5.32 Å². The van der Waals surface area contributed by atoms with Gasteiger partial charge in [-0.05, 0) is 43.7 Å². The number of nitrogens with zero attached hydrogens (tertiary/aromatic N) is 2. The number of nitrogens with one attached hydrogen (secondary N) is 1. The van der Waals surface area contributed by atoms with Gasteiger partial charge in [0.25, 0.3) is 5.91 Å². The van der Waals surface area contributed by atoms with Crippen molar-refractivity contribution in [1.29, 1.82) is 0 Å². The smallest absolute Gasteiger partial charge is 0.253 e. The molecule has 0 spiro atoms. The summed E-state index contributed by atoms with van der Waals surface area (Å²) < 4.78 is 0. The van der Waals surface area contributed by atoms with Crippen molar-refractivity contribution in [3.8, 4) is 0 Å². The summed E-state index contributed by atoms with van der Waals surface area (Å²) in [6.45, 7) is 3.86. The van der Waals surface area contributed by atoms with Gasteiger partial charge in [0.1, 0.15) is 0 Å². The predicted molar refractivity (Wildman–Crippen MR) is 93.7 cm³/mol. The fourth-order valence-corrected chi connectivity index (χ4v) is 2.66. The van der Waals surface area contributed by atoms with Crippen LogP contribution in [-0.2, 0) is 0 Å². The molecule has 3 rings (SSSR count). The number of hydrogen-bond donors (Lipinski definition) is 1. The highest BCUT2D eigenvalue weighted by Crippen LogP contribution is 2.22. The molecule has 1 N–H and O–H groups in total. The van der Waals surface area contributed by atoms with Crippen LogP contribution in [0.25, 0.3) is 0 Å². The minimum Gasteiger partial charge on any atom is -0.339 e. The van der Waals surface area contributed by atoms with Gasteiger partial charge in [0.2, 0.25) is 0 Å². The van der Waals surface area contributed by atoms with E-state index >= 15 is 0 Å². The lowest BCUT2D eigenvalue weighted by Crippen LogP contribution is -2.30. The Morgan fingerprint density at radius 3 is 2.50 bits per heavy atom. The molecule has 0 radical (unpaired) electrons. The van der Waals surface area contributed by atoms with Crippen molar-refractivity contribution in [2.45, 2.75) is 19.9 Å². The van der Waals surface area contributed by atoms with E-state index in [2.05, 4.69) is 21.4 Å². The van der Waals surface area contributed by atoms with E-state index in [1.807, 2.05) is 50.2 Å². The number of aryl methyl sites for hydroxylation is 2. The minimum absolute atomic E-state index is 0.155. The third kappa shape index (κ3) is 3.49. The molecule has 0 saturated carbocycles. The first-order valence-electron chi connectivity index (χ1n) is 7.85. The summed E-state index contributed by atoms with van der Waals surface area (Å²) in [7, 11) is 0. The monoisotopic (exact) mass is 317 g/mol. The molecular weight excluding hydrogens is 298 g/mol. The van der Waals surface area contributed by atoms with E-state index in [1.165, 1.54) is 0 Å². The summed E-state index contributed by atoms with van der Waals surface area (Å²) >= 11 is 0. The number of hydrogen-bond acceptors (Lipinski definition) is 3. The number of carbonyl (C=O) groups excluding carboxylic acids is 1. The standard InChI is InChI=1S/C20H19N3O/c1-14-7-5-8-16(13-14)19(18-10-3-4-11-22-18)23-20(24)17-9-6-12-21-15(17)2/h3-13,19H,1-2H3,(H,23,24). The fourth-order valence-electron chi connectivity index (χ4n) is 2.66. The second-order valence-electron chi connectivity index (χ2n) is 5.71. The number of aromatic nitrogens is 2. The van der Waals surface area contributed by atoms with Crippen LogP contribution < -0.4 is 5.32 Å². The maximum absolute atomic E-state index is 12.7. The van der Waals surface area contributed by atoms with Crippen LogP contribution in [0.1, 0.15) is 38.9 Å². The molecule has 4 nitrogen and oxygen atoms in total. The maximum Gasteiger partial charge on any atom is 0.253 e. The number of rotatable bonds is 4. The number of benzene rings is 1. The number of pyridine rings is 2. The molecule has 4 heteroatoms. The Labute approximate surface area is 141 Å². The highest BCUT2D eigenvalue weighted by Gasteiger charge is 2.20. The summed E-state index contributed by atoms with van der Waals surface area (Å²) in [5, 5.41) is 3.09. The number of amides is 1. The summed E-state index contributed by atoms with van der Waals surface area (Å²) in [5.41, 5.74) is 4.23. The van der Waals surface area contributed by atoms with E-state index in [-0.39, 0.29) is 11.9 Å². The fraction of sp³-hybridized carbons (Fsp3) is 0.150. The molecule has 2 aromatic heterocycles. The first-order valence-corrected chi connectivity index (χ1v) is 7.85. The molecule has 1 atom stereocenters. The topological polar surface area (TPSA) is 54.9 Å². The van der Waals surface area contributed by atoms with Crippen LogP contribution in [0.5, 0.6) is 0 Å². The summed E-state index contributed by atoms with van der Waals surface area (Å²) in [6.07, 6.45) is 3.42. The maximum atomic E-state index is 12.7. The quantitative estimate of drug-likeness (QED) is 0.799. The molecule has 0 aliphatic heterocycles. The van der Waals surface area contributed by atoms with Gasteiger partial charge >= 0.3 is 0 Å². The lowest BCUT2D eigenvalue weighted by atomic mass is 10.0. The molecule has 0 bridgehead atoms. The van der Waals surface area contributed by atoms with E-state index in [0.29, 0.717) is 11.3 Å². The lowest BCUT2D eigenvalue weighted by Gasteiger charge is -2.19. The van der Waals surface area contributed by atoms with Gasteiger partial charge in [-0.15, -0.1) is 0 Å². The second kappa shape index (κ2) is 7.04. The Morgan fingerprint density at radius 1 is 0.958 bits per heavy atom. The molecule has 0 saturated heterocycles. The highest BCUT2D eigenvalue weighted by atomic mass is 16.1. The van der Waals surface area contributed by atoms with Crippen molar-refractivity contribution in [1.82, 2.24) is 15.3 Å². The predicted octanol–water partition coefficient (Wildman–Crippen LogP) is 3.61. The molecule has 0 aliphatic carbocycles. The Hall–Kier alpha value is -3.01. The molecule has 0 aliphatic rings. The molecular formula is C20H19N3O. The van der Waals surface area contributed by atoms with Gasteiger partial charge in [0.05, 0.1) is 17.3 Å². The van der Waals surface area contributed by atoms with Crippen LogP contribution in [0.15, 0.2) is 67.0 Å². The molecule has 3 aromatic rings. The first-order chi connectivity index (χ1) is 11.6. The van der Waals surface area contributed by atoms with Crippen LogP contribution in [0.3, 0.4) is 0 Å². The molecule has 1 amide bonds. The molecule has 0 fully saturated rings. The Kier molecular flexibility index (Phi) is 4.66. The highest BCUT2D eigenvalue weighted by molar-refractivity contribution is 5.95. The molecule has 1 aromatic carbocycles. The van der Waals surface area contributed by atoms with Crippen LogP contribution >= 0.6 is 0 Å². The van der Waals surface area contributed by atoms with Gasteiger partial charge in [-0.25, -0.2) is 0 Å². The average Bonchev–Trinajstić information content (AvgIpc) is 2.60. The van der Waals surface area contributed by atoms with Crippen molar-refractivity contribution in [2.75, 3.05) is 0 Å². The van der Waals surface area contributed by atoms with Crippen LogP contribution in [0, 0.1) is 13.8 Å². The van der Waals surface area contributed by atoms with Gasteiger partial charge in [-0.3, -0.25) is 14.8 Å². The SMILES string of the molecule is Cc1cccc(C(NC(=O)c2cccnc2C)c2ccccn2)c1. The van der Waals surface area contributed by atoms with Crippen molar-refractivity contribution in [3.05, 3.63) is 95.1 Å². The normalized spacial score (nSPS) is 11.8. The molecule has 24 heavy (non-hydrogen) atoms. The summed E-state index contributed by atoms with van der Waals surface area (Å²) in [6, 6.07) is 17.0. The largest absolute Gasteiger partial charge is 0.339 e. The van der Waals surface area contributed by atoms with Gasteiger partial charge in [0.15, 0.2) is 0 Å². The zero-order valence-corrected chi connectivity index (χ0v) is 13.7. The summed E-state index contributed by atoms with van der Waals surface area (Å²) in [5.74, 6) is -0.155. The zero-order valence-electron chi connectivity index (χ0n) is 13.7. The van der Waals surface area contributed by atoms with Gasteiger partial charge in [0, 0.05) is 18.1 Å². The third-order valence-corrected chi connectivity index (χ3v) is 3.89.